The molecule has 1 saturated heterocycles. The summed E-state index contributed by atoms with van der Waals surface area (Å²) >= 11 is 0. The number of furan rings is 1. The van der Waals surface area contributed by atoms with Crippen molar-refractivity contribution in [3.05, 3.63) is 30.0 Å². The van der Waals surface area contributed by atoms with Crippen LogP contribution in [0.1, 0.15) is 95.0 Å². The maximum Gasteiger partial charge on any atom is 0.374 e. The summed E-state index contributed by atoms with van der Waals surface area (Å²) in [4.78, 5) is 35.1. The van der Waals surface area contributed by atoms with E-state index in [9.17, 15) is 18.8 Å². The second kappa shape index (κ2) is 21.8. The number of amides is 1. The Hall–Kier alpha value is -2.82. The van der Waals surface area contributed by atoms with Gasteiger partial charge >= 0.3 is 5.97 Å². The van der Waals surface area contributed by atoms with Crippen molar-refractivity contribution >= 4 is 35.3 Å². The molecule has 2 aromatic rings. The lowest BCUT2D eigenvalue weighted by atomic mass is 9.77. The van der Waals surface area contributed by atoms with Crippen LogP contribution in [0.5, 0.6) is 0 Å². The third-order valence-corrected chi connectivity index (χ3v) is 9.12. The normalized spacial score (nSPS) is 19.9. The predicted molar refractivity (Wildman–Crippen MR) is 177 cm³/mol. The molecule has 45 heavy (non-hydrogen) atoms. The van der Waals surface area contributed by atoms with Gasteiger partial charge in [0.2, 0.25) is 12.2 Å². The molecule has 1 aliphatic heterocycles. The quantitative estimate of drug-likeness (QED) is 0.125. The predicted octanol–water partition coefficient (Wildman–Crippen LogP) is 6.78. The van der Waals surface area contributed by atoms with E-state index < -0.39 is 12.6 Å². The van der Waals surface area contributed by atoms with Crippen molar-refractivity contribution in [3.8, 4) is 0 Å². The second-order valence-electron chi connectivity index (χ2n) is 12.3. The highest BCUT2D eigenvalue weighted by molar-refractivity contribution is 5.94. The topological polar surface area (TPSA) is 124 Å². The summed E-state index contributed by atoms with van der Waals surface area (Å²) in [7, 11) is 3.87. The first-order chi connectivity index (χ1) is 21.8. The van der Waals surface area contributed by atoms with Crippen LogP contribution in [0.3, 0.4) is 0 Å². The van der Waals surface area contributed by atoms with E-state index in [-0.39, 0.29) is 24.3 Å². The Morgan fingerprint density at radius 3 is 2.49 bits per heavy atom. The standard InChI is InChI=1S/C14H15NO5.C12H23N.C9H18FNO/c1-18-5-2-6-19-14(17)13-8-10-7-11(15-9-16)3-4-12(10)20-13;1-10-12(8-9-13(10)2)11-6-4-3-5-7-11;1-2-8(7-12)4-3-5-9(11)6-10/h3-4,7-9H,2,5-6H2,1H3,(H,15,16);10-12H,3-9H2,1-2H3;7-9H,2-6,11H2,1H3. The second-order valence-corrected chi connectivity index (χ2v) is 12.3. The van der Waals surface area contributed by atoms with Crippen LogP contribution in [0, 0.1) is 17.8 Å². The highest BCUT2D eigenvalue weighted by Gasteiger charge is 2.34. The third kappa shape index (κ3) is 13.6. The van der Waals surface area contributed by atoms with E-state index in [1.54, 1.807) is 31.4 Å². The Morgan fingerprint density at radius 1 is 1.13 bits per heavy atom. The van der Waals surface area contributed by atoms with Crippen molar-refractivity contribution in [2.24, 2.45) is 23.5 Å². The minimum absolute atomic E-state index is 0.136. The SMILES string of the molecule is CC1C(C2CCCCC2)CCN1C.CCC(C=O)CCCC(N)CF.COCCCOC(=O)c1cc2cc(NC=O)ccc2o1. The van der Waals surface area contributed by atoms with E-state index in [1.807, 2.05) is 6.92 Å². The maximum absolute atomic E-state index is 11.9. The fourth-order valence-electron chi connectivity index (χ4n) is 6.15. The highest BCUT2D eigenvalue weighted by atomic mass is 19.1. The summed E-state index contributed by atoms with van der Waals surface area (Å²) in [5.41, 5.74) is 6.57. The molecule has 1 aromatic carbocycles. The maximum atomic E-state index is 11.9. The lowest BCUT2D eigenvalue weighted by Crippen LogP contribution is -2.30. The van der Waals surface area contributed by atoms with Gasteiger partial charge in [-0.15, -0.1) is 0 Å². The largest absolute Gasteiger partial charge is 0.460 e. The van der Waals surface area contributed by atoms with Gasteiger partial charge < -0.3 is 34.6 Å². The zero-order chi connectivity index (χ0) is 33.0. The number of rotatable bonds is 15. The zero-order valence-corrected chi connectivity index (χ0v) is 27.8. The van der Waals surface area contributed by atoms with Crippen molar-refractivity contribution in [3.63, 3.8) is 0 Å². The van der Waals surface area contributed by atoms with Crippen LogP contribution in [0.25, 0.3) is 11.0 Å². The number of aldehydes is 1. The molecule has 4 atom stereocenters. The van der Waals surface area contributed by atoms with Crippen LogP contribution in [-0.4, -0.2) is 76.2 Å². The number of alkyl halides is 1. The number of methoxy groups -OCH3 is 1. The summed E-state index contributed by atoms with van der Waals surface area (Å²) < 4.78 is 27.2. The van der Waals surface area contributed by atoms with Crippen molar-refractivity contribution in [2.45, 2.75) is 96.6 Å². The van der Waals surface area contributed by atoms with Gasteiger partial charge in [-0.3, -0.25) is 4.79 Å². The summed E-state index contributed by atoms with van der Waals surface area (Å²) in [6.45, 7) is 6.09. The number of fused-ring (bicyclic) bond motifs is 1. The van der Waals surface area contributed by atoms with Gasteiger partial charge in [0.1, 0.15) is 18.5 Å². The van der Waals surface area contributed by atoms with Gasteiger partial charge in [-0.1, -0.05) is 45.4 Å². The van der Waals surface area contributed by atoms with Gasteiger partial charge in [-0.25, -0.2) is 9.18 Å². The number of benzene rings is 1. The Kier molecular flexibility index (Phi) is 18.6. The molecule has 4 rings (SSSR count). The molecule has 1 amide bonds. The van der Waals surface area contributed by atoms with E-state index >= 15 is 0 Å². The summed E-state index contributed by atoms with van der Waals surface area (Å²) in [6, 6.07) is 7.19. The van der Waals surface area contributed by atoms with Crippen LogP contribution in [0.4, 0.5) is 10.1 Å². The molecule has 9 nitrogen and oxygen atoms in total. The number of carbonyl (C=O) groups excluding carboxylic acids is 3. The van der Waals surface area contributed by atoms with Crippen molar-refractivity contribution in [1.29, 1.82) is 0 Å². The Morgan fingerprint density at radius 2 is 1.89 bits per heavy atom. The first kappa shape index (κ1) is 38.4. The van der Waals surface area contributed by atoms with Crippen LogP contribution in [-0.2, 0) is 19.1 Å². The van der Waals surface area contributed by atoms with Gasteiger partial charge in [-0.05, 0) is 82.3 Å². The molecule has 0 spiro atoms. The molecule has 10 heteroatoms. The van der Waals surface area contributed by atoms with E-state index in [2.05, 4.69) is 24.2 Å². The molecule has 3 N–H and O–H groups in total. The third-order valence-electron chi connectivity index (χ3n) is 9.12. The van der Waals surface area contributed by atoms with E-state index in [4.69, 9.17) is 19.6 Å². The van der Waals surface area contributed by atoms with Crippen LogP contribution >= 0.6 is 0 Å². The molecule has 0 bridgehead atoms. The van der Waals surface area contributed by atoms with E-state index in [0.29, 0.717) is 37.1 Å². The van der Waals surface area contributed by atoms with Crippen LogP contribution in [0.15, 0.2) is 28.7 Å². The number of nitrogens with two attached hydrogens (primary N) is 1. The minimum Gasteiger partial charge on any atom is -0.460 e. The summed E-state index contributed by atoms with van der Waals surface area (Å²) in [5.74, 6) is 1.85. The van der Waals surface area contributed by atoms with Crippen LogP contribution in [0.2, 0.25) is 0 Å². The molecule has 0 radical (unpaired) electrons. The molecule has 2 heterocycles. The lowest BCUT2D eigenvalue weighted by molar-refractivity contribution is -0.111. The van der Waals surface area contributed by atoms with Gasteiger partial charge in [0.05, 0.1) is 6.61 Å². The molecule has 4 unspecified atom stereocenters. The molecular weight excluding hydrogens is 577 g/mol. The Bertz CT molecular complexity index is 1120. The van der Waals surface area contributed by atoms with Crippen molar-refractivity contribution in [2.75, 3.05) is 45.9 Å². The van der Waals surface area contributed by atoms with Crippen molar-refractivity contribution in [1.82, 2.24) is 4.90 Å². The van der Waals surface area contributed by atoms with Gasteiger partial charge in [0, 0.05) is 49.2 Å². The number of likely N-dealkylation sites (tertiary alicyclic amines) is 1. The number of anilines is 1. The number of ether oxygens (including phenoxy) is 2. The minimum atomic E-state index is -0.512. The number of nitrogens with one attached hydrogen (secondary N) is 1. The molecule has 1 aliphatic carbocycles. The number of hydrogen-bond donors (Lipinski definition) is 2. The first-order valence-electron chi connectivity index (χ1n) is 16.6. The average Bonchev–Trinajstić information content (AvgIpc) is 3.64. The molecule has 1 aromatic heterocycles. The zero-order valence-electron chi connectivity index (χ0n) is 27.8. The monoisotopic (exact) mass is 633 g/mol. The molecule has 1 saturated carbocycles. The lowest BCUT2D eigenvalue weighted by Gasteiger charge is -2.31. The first-order valence-corrected chi connectivity index (χ1v) is 16.6. The van der Waals surface area contributed by atoms with Gasteiger partial charge in [0.15, 0.2) is 0 Å². The number of esters is 1. The number of hydrogen-bond acceptors (Lipinski definition) is 8. The number of carbonyl (C=O) groups is 3. The van der Waals surface area contributed by atoms with E-state index in [0.717, 1.165) is 48.8 Å². The fraction of sp³-hybridized carbons (Fsp3) is 0.686. The molecule has 2 fully saturated rings. The molecule has 2 aliphatic rings. The summed E-state index contributed by atoms with van der Waals surface area (Å²) in [6.07, 6.45) is 14.4. The Balaban J connectivity index is 0.000000247. The van der Waals surface area contributed by atoms with Crippen LogP contribution < -0.4 is 11.1 Å². The summed E-state index contributed by atoms with van der Waals surface area (Å²) in [5, 5.41) is 3.26. The molecule has 254 valence electrons. The molecular formula is C35H56FN3O6. The number of halogens is 1. The highest BCUT2D eigenvalue weighted by Crippen LogP contribution is 2.37. The Labute approximate surface area is 268 Å². The van der Waals surface area contributed by atoms with Crippen molar-refractivity contribution < 1.29 is 32.7 Å². The smallest absolute Gasteiger partial charge is 0.374 e. The van der Waals surface area contributed by atoms with Gasteiger partial charge in [0.25, 0.3) is 0 Å². The number of nitrogens with zero attached hydrogens (tertiary/aromatic N) is 1. The fourth-order valence-corrected chi connectivity index (χ4v) is 6.15. The van der Waals surface area contributed by atoms with Gasteiger partial charge in [-0.2, -0.15) is 0 Å². The average molecular weight is 634 g/mol. The van der Waals surface area contributed by atoms with E-state index in [1.165, 1.54) is 45.1 Å².